The molecule has 9 heteroatoms. The van der Waals surface area contributed by atoms with E-state index in [1.54, 1.807) is 6.08 Å². The Balaban J connectivity index is 0.00000220. The van der Waals surface area contributed by atoms with Crippen molar-refractivity contribution in [3.8, 4) is 0 Å². The topological polar surface area (TPSA) is 89.5 Å². The van der Waals surface area contributed by atoms with Crippen LogP contribution in [0.1, 0.15) is 12.8 Å². The molecule has 0 saturated carbocycles. The average molecular weight is 310 g/mol. The van der Waals surface area contributed by atoms with Gasteiger partial charge in [0.15, 0.2) is 0 Å². The fourth-order valence-electron chi connectivity index (χ4n) is 2.27. The second kappa shape index (κ2) is 7.33. The number of carboxylic acids is 1. The van der Waals surface area contributed by atoms with Crippen LogP contribution in [0.3, 0.4) is 0 Å². The van der Waals surface area contributed by atoms with E-state index in [9.17, 15) is 28.3 Å². The summed E-state index contributed by atoms with van der Waals surface area (Å²) >= 11 is 0. The molecule has 110 valence electrons. The summed E-state index contributed by atoms with van der Waals surface area (Å²) in [6.45, 7) is -0.772. The molecule has 1 aliphatic carbocycles. The zero-order chi connectivity index (χ0) is 14.9. The van der Waals surface area contributed by atoms with Gasteiger partial charge in [-0.05, 0) is 12.0 Å². The number of carboxylic acid groups (broad SMARTS) is 1. The van der Waals surface area contributed by atoms with Gasteiger partial charge in [-0.25, -0.2) is 8.78 Å². The van der Waals surface area contributed by atoms with E-state index in [0.29, 0.717) is 5.57 Å². The Morgan fingerprint density at radius 3 is 2.48 bits per heavy atom. The third-order valence-electron chi connectivity index (χ3n) is 3.38. The number of amides is 2. The summed E-state index contributed by atoms with van der Waals surface area (Å²) < 4.78 is 24.9. The molecule has 0 bridgehead atoms. The number of fused-ring (bicyclic) bond motifs is 1. The molecule has 0 spiro atoms. The molecular formula is C12H13F2N2NaO4. The molecule has 2 amide bonds. The van der Waals surface area contributed by atoms with E-state index < -0.39 is 31.3 Å². The second-order valence-corrected chi connectivity index (χ2v) is 4.79. The van der Waals surface area contributed by atoms with E-state index in [0.717, 1.165) is 4.90 Å². The summed E-state index contributed by atoms with van der Waals surface area (Å²) in [5.74, 6) is -2.38. The maximum atomic E-state index is 12.5. The summed E-state index contributed by atoms with van der Waals surface area (Å²) in [5, 5.41) is 12.9. The number of β-lactam (4-membered cyclic amide) rings is 1. The van der Waals surface area contributed by atoms with Crippen LogP contribution in [0.2, 0.25) is 0 Å². The van der Waals surface area contributed by atoms with Gasteiger partial charge in [-0.2, -0.15) is 0 Å². The van der Waals surface area contributed by atoms with Crippen molar-refractivity contribution in [3.05, 3.63) is 11.6 Å². The zero-order valence-electron chi connectivity index (χ0n) is 11.5. The van der Waals surface area contributed by atoms with Crippen LogP contribution in [0.4, 0.5) is 8.78 Å². The summed E-state index contributed by atoms with van der Waals surface area (Å²) in [6, 6.07) is -0.170. The van der Waals surface area contributed by atoms with Crippen molar-refractivity contribution in [2.45, 2.75) is 25.3 Å². The Labute approximate surface area is 141 Å². The van der Waals surface area contributed by atoms with E-state index in [1.807, 2.05) is 0 Å². The molecule has 0 aromatic heterocycles. The van der Waals surface area contributed by atoms with Gasteiger partial charge < -0.3 is 20.1 Å². The van der Waals surface area contributed by atoms with Gasteiger partial charge in [0, 0.05) is 18.9 Å². The first kappa shape index (κ1) is 18.1. The number of aliphatic carboxylic acids is 1. The maximum Gasteiger partial charge on any atom is 1.00 e. The van der Waals surface area contributed by atoms with Crippen LogP contribution in [0.15, 0.2) is 11.6 Å². The minimum Gasteiger partial charge on any atom is -0.550 e. The van der Waals surface area contributed by atoms with Crippen LogP contribution in [0.25, 0.3) is 0 Å². The third kappa shape index (κ3) is 4.24. The molecule has 1 saturated heterocycles. The van der Waals surface area contributed by atoms with Crippen molar-refractivity contribution < 1.29 is 57.8 Å². The molecule has 2 aliphatic rings. The van der Waals surface area contributed by atoms with Gasteiger partial charge >= 0.3 is 29.6 Å². The number of rotatable bonds is 7. The molecule has 0 radical (unpaired) electrons. The van der Waals surface area contributed by atoms with Crippen LogP contribution in [-0.4, -0.2) is 48.2 Å². The predicted molar refractivity (Wildman–Crippen MR) is 60.3 cm³/mol. The van der Waals surface area contributed by atoms with Crippen LogP contribution in [0, 0.1) is 5.92 Å². The molecule has 6 nitrogen and oxygen atoms in total. The molecule has 1 aliphatic heterocycles. The second-order valence-electron chi connectivity index (χ2n) is 4.79. The number of hydrogen-bond donors (Lipinski definition) is 1. The van der Waals surface area contributed by atoms with Crippen molar-refractivity contribution in [3.63, 3.8) is 0 Å². The molecule has 1 N–H and O–H groups in total. The fourth-order valence-corrected chi connectivity index (χ4v) is 2.27. The molecule has 21 heavy (non-hydrogen) atoms. The largest absolute Gasteiger partial charge is 1.00 e. The van der Waals surface area contributed by atoms with Crippen LogP contribution in [-0.2, 0) is 14.4 Å². The first-order valence-electron chi connectivity index (χ1n) is 6.15. The number of halogens is 2. The minimum atomic E-state index is -2.70. The summed E-state index contributed by atoms with van der Waals surface area (Å²) in [5.41, 5.74) is 0.706. The van der Waals surface area contributed by atoms with E-state index in [-0.39, 0.29) is 60.4 Å². The zero-order valence-corrected chi connectivity index (χ0v) is 13.5. The molecule has 1 fully saturated rings. The van der Waals surface area contributed by atoms with E-state index >= 15 is 0 Å². The van der Waals surface area contributed by atoms with Gasteiger partial charge in [0.2, 0.25) is 11.8 Å². The monoisotopic (exact) mass is 310 g/mol. The maximum absolute atomic E-state index is 12.5. The Bertz CT molecular complexity index is 484. The van der Waals surface area contributed by atoms with E-state index in [1.165, 1.54) is 0 Å². The summed E-state index contributed by atoms with van der Waals surface area (Å²) in [7, 11) is 0. The van der Waals surface area contributed by atoms with Crippen LogP contribution < -0.4 is 40.0 Å². The number of carbonyl (C=O) groups is 3. The number of nitrogens with one attached hydrogen (secondary N) is 1. The van der Waals surface area contributed by atoms with Gasteiger partial charge in [0.1, 0.15) is 0 Å². The predicted octanol–water partition coefficient (Wildman–Crippen LogP) is -4.33. The van der Waals surface area contributed by atoms with Crippen LogP contribution >= 0.6 is 0 Å². The van der Waals surface area contributed by atoms with Crippen molar-refractivity contribution in [2.75, 3.05) is 13.1 Å². The Kier molecular flexibility index (Phi) is 6.30. The third-order valence-corrected chi connectivity index (χ3v) is 3.38. The van der Waals surface area contributed by atoms with Crippen molar-refractivity contribution >= 4 is 17.8 Å². The number of nitrogens with zero attached hydrogens (tertiary/aromatic N) is 1. The Morgan fingerprint density at radius 1 is 1.38 bits per heavy atom. The number of hydrogen-bond acceptors (Lipinski definition) is 4. The van der Waals surface area contributed by atoms with Crippen LogP contribution in [0.5, 0.6) is 0 Å². The van der Waals surface area contributed by atoms with Crippen molar-refractivity contribution in [1.29, 1.82) is 0 Å². The number of alkyl halides is 2. The quantitative estimate of drug-likeness (QED) is 0.292. The SMILES string of the molecule is O=C([O-])CCC(=O)N(CC1=CC2C(=O)NC12)CC(F)F.[Na+]. The molecule has 0 aromatic carbocycles. The molecule has 2 atom stereocenters. The Morgan fingerprint density at radius 2 is 2.05 bits per heavy atom. The van der Waals surface area contributed by atoms with Gasteiger partial charge in [-0.15, -0.1) is 0 Å². The fraction of sp³-hybridized carbons (Fsp3) is 0.583. The summed E-state index contributed by atoms with van der Waals surface area (Å²) in [6.07, 6.45) is -1.92. The van der Waals surface area contributed by atoms with Crippen molar-refractivity contribution in [1.82, 2.24) is 10.2 Å². The standard InChI is InChI=1S/C12H14F2N2O4.Na/c13-8(14)5-16(9(17)1-2-10(18)19)4-6-3-7-11(6)15-12(7)20;/h3,7-8,11H,1-2,4-5H2,(H,15,20)(H,18,19);/q;+1/p-1. The summed E-state index contributed by atoms with van der Waals surface area (Å²) in [4.78, 5) is 33.9. The van der Waals surface area contributed by atoms with Gasteiger partial charge in [-0.3, -0.25) is 9.59 Å². The molecule has 2 unspecified atom stereocenters. The molecule has 0 aromatic rings. The van der Waals surface area contributed by atoms with Crippen molar-refractivity contribution in [2.24, 2.45) is 5.92 Å². The molecular weight excluding hydrogens is 297 g/mol. The molecule has 1 heterocycles. The normalized spacial score (nSPS) is 22.0. The van der Waals surface area contributed by atoms with E-state index in [4.69, 9.17) is 0 Å². The first-order chi connectivity index (χ1) is 9.38. The van der Waals surface area contributed by atoms with Gasteiger partial charge in [-0.1, -0.05) is 6.08 Å². The van der Waals surface area contributed by atoms with Gasteiger partial charge in [0.25, 0.3) is 6.43 Å². The first-order valence-corrected chi connectivity index (χ1v) is 6.15. The Hall–Kier alpha value is -0.990. The van der Waals surface area contributed by atoms with E-state index in [2.05, 4.69) is 5.32 Å². The number of carbonyl (C=O) groups excluding carboxylic acids is 3. The average Bonchev–Trinajstić information content (AvgIpc) is 2.35. The molecule has 2 rings (SSSR count). The smallest absolute Gasteiger partial charge is 0.550 e. The minimum absolute atomic E-state index is 0. The van der Waals surface area contributed by atoms with Gasteiger partial charge in [0.05, 0.1) is 18.5 Å².